The summed E-state index contributed by atoms with van der Waals surface area (Å²) in [6, 6.07) is 6.01. The van der Waals surface area contributed by atoms with Crippen molar-refractivity contribution in [2.45, 2.75) is 6.42 Å². The zero-order chi connectivity index (χ0) is 11.8. The van der Waals surface area contributed by atoms with Crippen LogP contribution in [0.3, 0.4) is 0 Å². The van der Waals surface area contributed by atoms with E-state index in [1.54, 1.807) is 14.2 Å². The fourth-order valence-electron chi connectivity index (χ4n) is 1.47. The molecule has 0 atom stereocenters. The molecule has 4 heteroatoms. The Balaban J connectivity index is 2.54. The third kappa shape index (κ3) is 3.94. The predicted molar refractivity (Wildman–Crippen MR) is 70.0 cm³/mol. The Morgan fingerprint density at radius 1 is 1.12 bits per heavy atom. The van der Waals surface area contributed by atoms with Gasteiger partial charge in [0.2, 0.25) is 0 Å². The van der Waals surface area contributed by atoms with Crippen LogP contribution in [0.4, 0.5) is 0 Å². The second kappa shape index (κ2) is 7.41. The van der Waals surface area contributed by atoms with Crippen LogP contribution in [0, 0.1) is 0 Å². The second-order valence-electron chi connectivity index (χ2n) is 3.41. The standard InChI is InChI=1S/C12H19NO2S/c1-14-11-4-3-10(9-12(11)15-2)5-6-13-7-8-16/h3-4,9,13,16H,5-8H2,1-2H3. The van der Waals surface area contributed by atoms with Gasteiger partial charge in [-0.15, -0.1) is 0 Å². The highest BCUT2D eigenvalue weighted by Crippen LogP contribution is 2.27. The summed E-state index contributed by atoms with van der Waals surface area (Å²) in [4.78, 5) is 0. The first-order valence-electron chi connectivity index (χ1n) is 5.34. The van der Waals surface area contributed by atoms with E-state index in [1.807, 2.05) is 12.1 Å². The normalized spacial score (nSPS) is 10.2. The zero-order valence-corrected chi connectivity index (χ0v) is 10.7. The highest BCUT2D eigenvalue weighted by molar-refractivity contribution is 7.80. The van der Waals surface area contributed by atoms with Gasteiger partial charge in [-0.3, -0.25) is 0 Å². The van der Waals surface area contributed by atoms with Gasteiger partial charge in [0.1, 0.15) is 0 Å². The largest absolute Gasteiger partial charge is 0.493 e. The Hall–Kier alpha value is -0.870. The van der Waals surface area contributed by atoms with Crippen LogP contribution in [-0.2, 0) is 6.42 Å². The lowest BCUT2D eigenvalue weighted by molar-refractivity contribution is 0.354. The maximum Gasteiger partial charge on any atom is 0.160 e. The highest BCUT2D eigenvalue weighted by atomic mass is 32.1. The molecule has 0 fully saturated rings. The molecule has 0 aromatic heterocycles. The first-order chi connectivity index (χ1) is 7.81. The van der Waals surface area contributed by atoms with Crippen molar-refractivity contribution >= 4 is 12.6 Å². The van der Waals surface area contributed by atoms with Gasteiger partial charge in [0.15, 0.2) is 11.5 Å². The summed E-state index contributed by atoms with van der Waals surface area (Å²) < 4.78 is 10.4. The Labute approximate surface area is 103 Å². The lowest BCUT2D eigenvalue weighted by atomic mass is 10.1. The average Bonchev–Trinajstić information content (AvgIpc) is 2.34. The van der Waals surface area contributed by atoms with E-state index in [1.165, 1.54) is 5.56 Å². The fourth-order valence-corrected chi connectivity index (χ4v) is 1.63. The van der Waals surface area contributed by atoms with Crippen LogP contribution >= 0.6 is 12.6 Å². The number of methoxy groups -OCH3 is 2. The SMILES string of the molecule is COc1ccc(CCNCCS)cc1OC. The van der Waals surface area contributed by atoms with Gasteiger partial charge in [-0.1, -0.05) is 6.07 Å². The molecular formula is C12H19NO2S. The summed E-state index contributed by atoms with van der Waals surface area (Å²) in [7, 11) is 3.30. The minimum absolute atomic E-state index is 0.773. The topological polar surface area (TPSA) is 30.5 Å². The molecule has 3 nitrogen and oxygen atoms in total. The van der Waals surface area contributed by atoms with Crippen molar-refractivity contribution in [2.75, 3.05) is 33.1 Å². The van der Waals surface area contributed by atoms with E-state index in [9.17, 15) is 0 Å². The van der Waals surface area contributed by atoms with Crippen LogP contribution in [0.2, 0.25) is 0 Å². The van der Waals surface area contributed by atoms with Crippen molar-refractivity contribution in [3.63, 3.8) is 0 Å². The minimum atomic E-state index is 0.773. The number of thiol groups is 1. The molecule has 1 N–H and O–H groups in total. The monoisotopic (exact) mass is 241 g/mol. The Kier molecular flexibility index (Phi) is 6.11. The molecule has 0 radical (unpaired) electrons. The van der Waals surface area contributed by atoms with Gasteiger partial charge in [0.25, 0.3) is 0 Å². The van der Waals surface area contributed by atoms with Crippen LogP contribution in [0.5, 0.6) is 11.5 Å². The van der Waals surface area contributed by atoms with Gasteiger partial charge in [-0.2, -0.15) is 12.6 Å². The molecule has 0 saturated heterocycles. The molecule has 0 aliphatic carbocycles. The maximum atomic E-state index is 5.25. The zero-order valence-electron chi connectivity index (χ0n) is 9.82. The molecular weight excluding hydrogens is 222 g/mol. The molecule has 1 aromatic carbocycles. The molecule has 16 heavy (non-hydrogen) atoms. The molecule has 0 amide bonds. The Bertz CT molecular complexity index is 318. The molecule has 0 aliphatic heterocycles. The van der Waals surface area contributed by atoms with Crippen molar-refractivity contribution < 1.29 is 9.47 Å². The minimum Gasteiger partial charge on any atom is -0.493 e. The lowest BCUT2D eigenvalue weighted by Crippen LogP contribution is -2.19. The molecule has 1 rings (SSSR count). The second-order valence-corrected chi connectivity index (χ2v) is 3.86. The van der Waals surface area contributed by atoms with E-state index < -0.39 is 0 Å². The van der Waals surface area contributed by atoms with Gasteiger partial charge in [0, 0.05) is 12.3 Å². The van der Waals surface area contributed by atoms with Gasteiger partial charge >= 0.3 is 0 Å². The maximum absolute atomic E-state index is 5.25. The molecule has 0 bridgehead atoms. The van der Waals surface area contributed by atoms with Gasteiger partial charge in [-0.05, 0) is 30.7 Å². The summed E-state index contributed by atoms with van der Waals surface area (Å²) in [6.45, 7) is 1.90. The fraction of sp³-hybridized carbons (Fsp3) is 0.500. The Morgan fingerprint density at radius 2 is 1.88 bits per heavy atom. The molecule has 0 spiro atoms. The van der Waals surface area contributed by atoms with Crippen molar-refractivity contribution in [3.8, 4) is 11.5 Å². The number of ether oxygens (including phenoxy) is 2. The average molecular weight is 241 g/mol. The van der Waals surface area contributed by atoms with Crippen LogP contribution < -0.4 is 14.8 Å². The number of hydrogen-bond acceptors (Lipinski definition) is 4. The number of benzene rings is 1. The molecule has 1 aromatic rings. The molecule has 0 heterocycles. The van der Waals surface area contributed by atoms with E-state index in [0.29, 0.717) is 0 Å². The van der Waals surface area contributed by atoms with Crippen molar-refractivity contribution in [3.05, 3.63) is 23.8 Å². The summed E-state index contributed by atoms with van der Waals surface area (Å²) in [6.07, 6.45) is 0.980. The number of rotatable bonds is 7. The molecule has 90 valence electrons. The van der Waals surface area contributed by atoms with Crippen molar-refractivity contribution in [2.24, 2.45) is 0 Å². The Morgan fingerprint density at radius 3 is 2.50 bits per heavy atom. The van der Waals surface area contributed by atoms with Gasteiger partial charge < -0.3 is 14.8 Å². The molecule has 0 unspecified atom stereocenters. The lowest BCUT2D eigenvalue weighted by Gasteiger charge is -2.09. The quantitative estimate of drug-likeness (QED) is 0.563. The molecule has 0 aliphatic rings. The van der Waals surface area contributed by atoms with E-state index in [2.05, 4.69) is 24.0 Å². The number of hydrogen-bond donors (Lipinski definition) is 2. The first kappa shape index (κ1) is 13.2. The van der Waals surface area contributed by atoms with E-state index in [4.69, 9.17) is 9.47 Å². The van der Waals surface area contributed by atoms with E-state index in [-0.39, 0.29) is 0 Å². The van der Waals surface area contributed by atoms with Gasteiger partial charge in [0.05, 0.1) is 14.2 Å². The smallest absolute Gasteiger partial charge is 0.160 e. The molecule has 0 saturated carbocycles. The van der Waals surface area contributed by atoms with Gasteiger partial charge in [-0.25, -0.2) is 0 Å². The summed E-state index contributed by atoms with van der Waals surface area (Å²) >= 11 is 4.14. The summed E-state index contributed by atoms with van der Waals surface area (Å²) in [5.41, 5.74) is 1.24. The van der Waals surface area contributed by atoms with Crippen LogP contribution in [-0.4, -0.2) is 33.1 Å². The van der Waals surface area contributed by atoms with Crippen LogP contribution in [0.1, 0.15) is 5.56 Å². The first-order valence-corrected chi connectivity index (χ1v) is 5.97. The predicted octanol–water partition coefficient (Wildman–Crippen LogP) is 1.77. The number of nitrogens with one attached hydrogen (secondary N) is 1. The highest BCUT2D eigenvalue weighted by Gasteiger charge is 2.03. The third-order valence-corrected chi connectivity index (χ3v) is 2.55. The summed E-state index contributed by atoms with van der Waals surface area (Å²) in [5, 5.41) is 3.30. The van der Waals surface area contributed by atoms with E-state index >= 15 is 0 Å². The van der Waals surface area contributed by atoms with Crippen LogP contribution in [0.25, 0.3) is 0 Å². The van der Waals surface area contributed by atoms with E-state index in [0.717, 1.165) is 36.8 Å². The van der Waals surface area contributed by atoms with Crippen molar-refractivity contribution in [1.29, 1.82) is 0 Å². The van der Waals surface area contributed by atoms with Crippen molar-refractivity contribution in [1.82, 2.24) is 5.32 Å². The summed E-state index contributed by atoms with van der Waals surface area (Å²) in [5.74, 6) is 2.43. The third-order valence-electron chi connectivity index (χ3n) is 2.33. The van der Waals surface area contributed by atoms with Crippen LogP contribution in [0.15, 0.2) is 18.2 Å².